The molecule has 11 rings (SSSR count). The van der Waals surface area contributed by atoms with Crippen molar-refractivity contribution >= 4 is 19.8 Å². The van der Waals surface area contributed by atoms with Crippen LogP contribution in [-0.4, -0.2) is 163 Å². The van der Waals surface area contributed by atoms with E-state index in [0.717, 1.165) is 102 Å². The molecule has 2 saturated heterocycles. The van der Waals surface area contributed by atoms with Gasteiger partial charge in [0.05, 0.1) is 72.7 Å². The summed E-state index contributed by atoms with van der Waals surface area (Å²) in [5.74, 6) is -1.20. The molecule has 3 unspecified atom stereocenters. The highest BCUT2D eigenvalue weighted by Gasteiger charge is 2.60. The van der Waals surface area contributed by atoms with Gasteiger partial charge in [-0.15, -0.1) is 0 Å². The van der Waals surface area contributed by atoms with Crippen molar-refractivity contribution in [2.24, 2.45) is 0 Å². The number of benzene rings is 8. The van der Waals surface area contributed by atoms with Crippen LogP contribution in [0.4, 0.5) is 0 Å². The molecule has 0 amide bonds. The lowest BCUT2D eigenvalue weighted by atomic mass is 9.84. The molecular formula is C113H155O23P. The molecular weight excluding hydrogens is 1760 g/mol. The van der Waals surface area contributed by atoms with E-state index in [4.69, 9.17) is 75.4 Å². The van der Waals surface area contributed by atoms with Crippen LogP contribution >= 0.6 is 7.82 Å². The van der Waals surface area contributed by atoms with Gasteiger partial charge in [-0.05, 0) is 57.3 Å². The summed E-state index contributed by atoms with van der Waals surface area (Å²) in [6, 6.07) is 76.2. The highest BCUT2D eigenvalue weighted by atomic mass is 31.2. The van der Waals surface area contributed by atoms with Crippen LogP contribution in [0, 0.1) is 0 Å². The molecule has 0 aromatic heterocycles. The van der Waals surface area contributed by atoms with E-state index >= 15 is 4.57 Å². The second kappa shape index (κ2) is 64.6. The molecule has 0 radical (unpaired) electrons. The smallest absolute Gasteiger partial charge is 0.462 e. The van der Waals surface area contributed by atoms with Gasteiger partial charge in [-0.25, -0.2) is 4.57 Å². The third-order valence-electron chi connectivity index (χ3n) is 25.7. The fourth-order valence-electron chi connectivity index (χ4n) is 17.9. The van der Waals surface area contributed by atoms with E-state index in [1.807, 2.05) is 243 Å². The summed E-state index contributed by atoms with van der Waals surface area (Å²) in [4.78, 5) is 40.9. The molecule has 1 saturated carbocycles. The number of carbonyl (C=O) groups excluding carboxylic acids is 2. The number of aliphatic hydroxyl groups excluding tert-OH is 3. The largest absolute Gasteiger partial charge is 0.472 e. The number of hydrogen-bond acceptors (Lipinski definition) is 22. The van der Waals surface area contributed by atoms with Crippen molar-refractivity contribution in [2.75, 3.05) is 26.4 Å². The summed E-state index contributed by atoms with van der Waals surface area (Å²) in [6.45, 7) is 2.99. The number of esters is 2. The van der Waals surface area contributed by atoms with E-state index in [2.05, 4.69) is 13.8 Å². The Labute approximate surface area is 814 Å². The first-order valence-corrected chi connectivity index (χ1v) is 52.6. The Kier molecular flexibility index (Phi) is 51.7. The maximum atomic E-state index is 15.9. The molecule has 4 N–H and O–H groups in total. The van der Waals surface area contributed by atoms with Crippen LogP contribution in [0.1, 0.15) is 264 Å². The Hall–Kier alpha value is -7.79. The molecule has 2 heterocycles. The second-order valence-electron chi connectivity index (χ2n) is 36.9. The predicted octanol–water partition coefficient (Wildman–Crippen LogP) is 22.7. The van der Waals surface area contributed by atoms with Crippen LogP contribution in [0.5, 0.6) is 0 Å². The van der Waals surface area contributed by atoms with Gasteiger partial charge in [0.15, 0.2) is 18.7 Å². The first-order valence-electron chi connectivity index (χ1n) is 51.1. The third-order valence-corrected chi connectivity index (χ3v) is 26.6. The molecule has 0 bridgehead atoms. The lowest BCUT2D eigenvalue weighted by molar-refractivity contribution is -0.374. The van der Waals surface area contributed by atoms with Crippen molar-refractivity contribution < 1.29 is 110 Å². The maximum Gasteiger partial charge on any atom is 0.472 e. The number of unbranched alkanes of at least 4 members (excludes halogenated alkanes) is 28. The Morgan fingerprint density at radius 2 is 0.555 bits per heavy atom. The SMILES string of the molecule is CCCCCCCCCCCCCCCCCC(=O)OC[C@H](COP(=O)(O)OC1[C@H](O[C@H]2O[C@H](COCc3ccccc3)[C@@H](OCc3ccccc3)[C@H](OCc3ccccc3)[C@@H]2OCc2ccccc2)[C@H](O)C(O)[C@H](O)[C@H]1O[C@H]1O[C@H](COCc2ccccc2)[C@@H](OCc2ccccc2)[C@H](OCc2ccccc2)[C@@H]1OCc1ccccc1)OC(=O)CCCCCCCCCCCCCCCCC. The predicted molar refractivity (Wildman–Crippen MR) is 528 cm³/mol. The molecule has 24 heteroatoms. The fourth-order valence-corrected chi connectivity index (χ4v) is 18.9. The van der Waals surface area contributed by atoms with Crippen molar-refractivity contribution in [1.29, 1.82) is 0 Å². The molecule has 2 aliphatic heterocycles. The van der Waals surface area contributed by atoms with Crippen LogP contribution in [0.3, 0.4) is 0 Å². The van der Waals surface area contributed by atoms with E-state index in [1.54, 1.807) is 0 Å². The van der Waals surface area contributed by atoms with Gasteiger partial charge in [0.2, 0.25) is 0 Å². The van der Waals surface area contributed by atoms with E-state index < -0.39 is 137 Å². The molecule has 1 aliphatic carbocycles. The van der Waals surface area contributed by atoms with Crippen molar-refractivity contribution in [3.8, 4) is 0 Å². The molecule has 8 aromatic rings. The van der Waals surface area contributed by atoms with Gasteiger partial charge in [-0.1, -0.05) is 436 Å². The number of hydrogen-bond donors (Lipinski definition) is 4. The summed E-state index contributed by atoms with van der Waals surface area (Å²) < 4.78 is 125. The summed E-state index contributed by atoms with van der Waals surface area (Å²) in [7, 11) is -5.79. The van der Waals surface area contributed by atoms with Crippen LogP contribution in [-0.2, 0) is 142 Å². The number of phosphoric acid groups is 1. The molecule has 18 atom stereocenters. The average molecular weight is 1910 g/mol. The van der Waals surface area contributed by atoms with Crippen LogP contribution in [0.25, 0.3) is 0 Å². The standard InChI is InChI=1S/C113H155O23P/c1-3-5-7-9-11-13-15-17-19-21-23-25-27-29-55-73-98(114)123-83-95(131-99(115)74-56-30-28-26-24-22-20-18-16-14-12-10-8-6-4-2)84-130-137(119,120)136-109-105(134-112-110(128-81-93-69-51-37-52-70-93)107(126-79-91-65-47-35-48-66-91)103(124-77-89-61-43-33-44-62-89)96(132-112)85-121-75-87-57-39-31-40-58-87)101(117)100(116)102(118)106(109)135-113-111(129-82-94-71-53-38-54-72-94)108(127-80-92-67-49-36-50-68-92)104(125-78-90-63-45-34-46-64-90)97(133-113)86-122-76-88-59-41-32-42-60-88/h31-54,57-72,95-97,100-113,116-118H,3-30,55-56,73-86H2,1-2H3,(H,119,120)/t95-,96-,97-,100?,101-,102+,103-,104-,105-,106-,107+,108+,109?,110+,111+,112-,113-/m1/s1. The minimum atomic E-state index is -5.79. The van der Waals surface area contributed by atoms with Gasteiger partial charge in [0.1, 0.15) is 92.1 Å². The van der Waals surface area contributed by atoms with E-state index in [0.29, 0.717) is 12.8 Å². The van der Waals surface area contributed by atoms with Crippen molar-refractivity contribution in [2.45, 2.75) is 376 Å². The molecule has 137 heavy (non-hydrogen) atoms. The zero-order valence-corrected chi connectivity index (χ0v) is 81.9. The number of ether oxygens (including phenoxy) is 14. The number of rotatable bonds is 70. The Balaban J connectivity index is 0.934. The number of aliphatic hydroxyl groups is 3. The van der Waals surface area contributed by atoms with E-state index in [-0.39, 0.29) is 78.9 Å². The Bertz CT molecular complexity index is 4250. The first-order chi connectivity index (χ1) is 67.3. The van der Waals surface area contributed by atoms with E-state index in [1.165, 1.54) is 122 Å². The van der Waals surface area contributed by atoms with Gasteiger partial charge in [0, 0.05) is 12.8 Å². The maximum absolute atomic E-state index is 15.9. The normalized spacial score (nSPS) is 22.9. The van der Waals surface area contributed by atoms with Gasteiger partial charge in [0.25, 0.3) is 0 Å². The summed E-state index contributed by atoms with van der Waals surface area (Å²) in [6.07, 6.45) is 6.94. The zero-order chi connectivity index (χ0) is 95.8. The monoisotopic (exact) mass is 1910 g/mol. The molecule has 3 aliphatic rings. The topological polar surface area (TPSA) is 280 Å². The molecule has 0 spiro atoms. The average Bonchev–Trinajstić information content (AvgIpc) is 0.747. The van der Waals surface area contributed by atoms with Crippen LogP contribution in [0.15, 0.2) is 243 Å². The Morgan fingerprint density at radius 3 is 0.847 bits per heavy atom. The highest BCUT2D eigenvalue weighted by Crippen LogP contribution is 2.50. The minimum absolute atomic E-state index is 0.00202. The van der Waals surface area contributed by atoms with Gasteiger partial charge in [-0.2, -0.15) is 0 Å². The van der Waals surface area contributed by atoms with Crippen molar-refractivity contribution in [1.82, 2.24) is 0 Å². The number of carbonyl (C=O) groups is 2. The first kappa shape index (κ1) is 110. The van der Waals surface area contributed by atoms with Gasteiger partial charge < -0.3 is 86.5 Å². The molecule has 23 nitrogen and oxygen atoms in total. The van der Waals surface area contributed by atoms with Gasteiger partial charge >= 0.3 is 19.8 Å². The van der Waals surface area contributed by atoms with E-state index in [9.17, 15) is 29.8 Å². The van der Waals surface area contributed by atoms with Crippen LogP contribution in [0.2, 0.25) is 0 Å². The molecule has 8 aromatic carbocycles. The quantitative estimate of drug-likeness (QED) is 0.0157. The fraction of sp³-hybridized carbons (Fsp3) is 0.558. The highest BCUT2D eigenvalue weighted by molar-refractivity contribution is 7.47. The molecule has 750 valence electrons. The lowest BCUT2D eigenvalue weighted by Crippen LogP contribution is -2.70. The Morgan fingerprint density at radius 1 is 0.299 bits per heavy atom. The second-order valence-corrected chi connectivity index (χ2v) is 38.3. The van der Waals surface area contributed by atoms with Crippen molar-refractivity contribution in [3.63, 3.8) is 0 Å². The summed E-state index contributed by atoms with van der Waals surface area (Å²) in [5, 5.41) is 39.3. The van der Waals surface area contributed by atoms with Gasteiger partial charge in [-0.3, -0.25) is 18.6 Å². The number of phosphoric ester groups is 1. The third kappa shape index (κ3) is 40.6. The lowest BCUT2D eigenvalue weighted by Gasteiger charge is -2.51. The zero-order valence-electron chi connectivity index (χ0n) is 81.0. The summed E-state index contributed by atoms with van der Waals surface area (Å²) in [5.41, 5.74) is 6.41. The molecule has 3 fully saturated rings. The van der Waals surface area contributed by atoms with Crippen LogP contribution < -0.4 is 0 Å². The summed E-state index contributed by atoms with van der Waals surface area (Å²) >= 11 is 0. The minimum Gasteiger partial charge on any atom is -0.462 e. The van der Waals surface area contributed by atoms with Crippen molar-refractivity contribution in [3.05, 3.63) is 287 Å².